The number of carbonyl (C=O) groups excluding carboxylic acids is 1. The molecule has 0 bridgehead atoms. The standard InChI is InChI=1S/C19H22F2N2O3/c1-3-26-15-8-9-18(17(21)12-15)22-19(24)23(10-11-25-2)13-14-6-4-5-7-16(14)20/h4-9,12H,3,10-11,13H2,1-2H3,(H,22,24). The van der Waals surface area contributed by atoms with E-state index in [9.17, 15) is 13.6 Å². The van der Waals surface area contributed by atoms with E-state index in [1.165, 1.54) is 30.2 Å². The molecule has 0 unspecified atom stereocenters. The maximum absolute atomic E-state index is 14.1. The second kappa shape index (κ2) is 9.72. The van der Waals surface area contributed by atoms with Gasteiger partial charge >= 0.3 is 6.03 Å². The van der Waals surface area contributed by atoms with Crippen molar-refractivity contribution >= 4 is 11.7 Å². The second-order valence-corrected chi connectivity index (χ2v) is 5.51. The first kappa shape index (κ1) is 19.7. The number of hydrogen-bond acceptors (Lipinski definition) is 3. The highest BCUT2D eigenvalue weighted by atomic mass is 19.1. The quantitative estimate of drug-likeness (QED) is 0.769. The third-order valence-corrected chi connectivity index (χ3v) is 3.66. The van der Waals surface area contributed by atoms with Gasteiger partial charge in [-0.25, -0.2) is 13.6 Å². The lowest BCUT2D eigenvalue weighted by molar-refractivity contribution is 0.152. The number of nitrogens with one attached hydrogen (secondary N) is 1. The summed E-state index contributed by atoms with van der Waals surface area (Å²) in [6, 6.07) is 9.84. The van der Waals surface area contributed by atoms with Crippen molar-refractivity contribution in [3.8, 4) is 5.75 Å². The molecule has 2 aromatic rings. The summed E-state index contributed by atoms with van der Waals surface area (Å²) in [7, 11) is 1.51. The van der Waals surface area contributed by atoms with E-state index in [0.29, 0.717) is 17.9 Å². The first-order chi connectivity index (χ1) is 12.5. The fourth-order valence-corrected chi connectivity index (χ4v) is 2.33. The van der Waals surface area contributed by atoms with Crippen LogP contribution in [-0.4, -0.2) is 37.8 Å². The Morgan fingerprint density at radius 1 is 1.15 bits per heavy atom. The Morgan fingerprint density at radius 2 is 1.92 bits per heavy atom. The molecule has 0 saturated carbocycles. The van der Waals surface area contributed by atoms with Crippen LogP contribution in [0.4, 0.5) is 19.3 Å². The van der Waals surface area contributed by atoms with Crippen LogP contribution in [0, 0.1) is 11.6 Å². The van der Waals surface area contributed by atoms with Crippen LogP contribution >= 0.6 is 0 Å². The first-order valence-electron chi connectivity index (χ1n) is 8.25. The molecule has 0 heterocycles. The van der Waals surface area contributed by atoms with Crippen LogP contribution in [0.1, 0.15) is 12.5 Å². The first-order valence-corrected chi connectivity index (χ1v) is 8.25. The summed E-state index contributed by atoms with van der Waals surface area (Å²) in [6.07, 6.45) is 0. The molecule has 7 heteroatoms. The fraction of sp³-hybridized carbons (Fsp3) is 0.316. The monoisotopic (exact) mass is 364 g/mol. The molecule has 0 aromatic heterocycles. The summed E-state index contributed by atoms with van der Waals surface area (Å²) in [4.78, 5) is 13.9. The molecule has 0 spiro atoms. The van der Waals surface area contributed by atoms with Crippen LogP contribution in [0.15, 0.2) is 42.5 Å². The van der Waals surface area contributed by atoms with Crippen molar-refractivity contribution in [1.82, 2.24) is 4.90 Å². The van der Waals surface area contributed by atoms with Crippen molar-refractivity contribution in [2.75, 3.05) is 32.2 Å². The van der Waals surface area contributed by atoms with Crippen LogP contribution in [0.2, 0.25) is 0 Å². The number of anilines is 1. The number of amides is 2. The Kier molecular flexibility index (Phi) is 7.35. The Labute approximate surface area is 151 Å². The predicted octanol–water partition coefficient (Wildman–Crippen LogP) is 4.04. The minimum atomic E-state index is -0.609. The van der Waals surface area contributed by atoms with Gasteiger partial charge in [0.1, 0.15) is 17.4 Å². The number of urea groups is 1. The van der Waals surface area contributed by atoms with Crippen molar-refractivity contribution in [3.63, 3.8) is 0 Å². The topological polar surface area (TPSA) is 50.8 Å². The molecule has 2 aromatic carbocycles. The highest BCUT2D eigenvalue weighted by Gasteiger charge is 2.17. The van der Waals surface area contributed by atoms with E-state index in [1.807, 2.05) is 0 Å². The molecule has 0 radical (unpaired) electrons. The molecule has 26 heavy (non-hydrogen) atoms. The highest BCUT2D eigenvalue weighted by molar-refractivity contribution is 5.89. The Hall–Kier alpha value is -2.67. The van der Waals surface area contributed by atoms with Gasteiger partial charge < -0.3 is 19.7 Å². The molecule has 0 atom stereocenters. The lowest BCUT2D eigenvalue weighted by Gasteiger charge is -2.23. The molecule has 0 fully saturated rings. The highest BCUT2D eigenvalue weighted by Crippen LogP contribution is 2.21. The van der Waals surface area contributed by atoms with E-state index < -0.39 is 17.7 Å². The molecular weight excluding hydrogens is 342 g/mol. The van der Waals surface area contributed by atoms with Crippen molar-refractivity contribution in [2.45, 2.75) is 13.5 Å². The van der Waals surface area contributed by atoms with Gasteiger partial charge in [0, 0.05) is 25.3 Å². The maximum atomic E-state index is 14.1. The number of ether oxygens (including phenoxy) is 2. The largest absolute Gasteiger partial charge is 0.494 e. The van der Waals surface area contributed by atoms with Gasteiger partial charge in [-0.05, 0) is 25.1 Å². The molecule has 1 N–H and O–H groups in total. The molecule has 5 nitrogen and oxygen atoms in total. The number of halogens is 2. The number of hydrogen-bond donors (Lipinski definition) is 1. The summed E-state index contributed by atoms with van der Waals surface area (Å²) in [5.41, 5.74) is 0.389. The number of carbonyl (C=O) groups is 1. The summed E-state index contributed by atoms with van der Waals surface area (Å²) in [6.45, 7) is 2.76. The van der Waals surface area contributed by atoms with E-state index in [-0.39, 0.29) is 25.4 Å². The number of nitrogens with zero attached hydrogens (tertiary/aromatic N) is 1. The minimum Gasteiger partial charge on any atom is -0.494 e. The molecule has 140 valence electrons. The summed E-state index contributed by atoms with van der Waals surface area (Å²) >= 11 is 0. The van der Waals surface area contributed by atoms with Crippen LogP contribution < -0.4 is 10.1 Å². The van der Waals surface area contributed by atoms with Gasteiger partial charge in [-0.15, -0.1) is 0 Å². The van der Waals surface area contributed by atoms with Crippen molar-refractivity contribution in [3.05, 3.63) is 59.7 Å². The smallest absolute Gasteiger partial charge is 0.322 e. The van der Waals surface area contributed by atoms with E-state index in [4.69, 9.17) is 9.47 Å². The minimum absolute atomic E-state index is 0.0226. The van der Waals surface area contributed by atoms with Gasteiger partial charge in [0.25, 0.3) is 0 Å². The summed E-state index contributed by atoms with van der Waals surface area (Å²) in [5.74, 6) is -0.637. The lowest BCUT2D eigenvalue weighted by Crippen LogP contribution is -2.37. The van der Waals surface area contributed by atoms with E-state index in [1.54, 1.807) is 31.2 Å². The van der Waals surface area contributed by atoms with Gasteiger partial charge in [0.05, 0.1) is 25.4 Å². The summed E-state index contributed by atoms with van der Waals surface area (Å²) < 4.78 is 38.2. The zero-order valence-corrected chi connectivity index (χ0v) is 14.8. The van der Waals surface area contributed by atoms with Gasteiger partial charge in [0.2, 0.25) is 0 Å². The molecule has 0 aliphatic heterocycles. The van der Waals surface area contributed by atoms with Crippen LogP contribution in [-0.2, 0) is 11.3 Å². The Balaban J connectivity index is 2.12. The average molecular weight is 364 g/mol. The predicted molar refractivity (Wildman–Crippen MR) is 95.3 cm³/mol. The van der Waals surface area contributed by atoms with Gasteiger partial charge in [-0.1, -0.05) is 18.2 Å². The number of rotatable bonds is 8. The molecule has 2 amide bonds. The Morgan fingerprint density at radius 3 is 2.58 bits per heavy atom. The van der Waals surface area contributed by atoms with Crippen molar-refractivity contribution < 1.29 is 23.0 Å². The van der Waals surface area contributed by atoms with Gasteiger partial charge in [-0.2, -0.15) is 0 Å². The Bertz CT molecular complexity index is 740. The van der Waals surface area contributed by atoms with E-state index in [0.717, 1.165) is 0 Å². The molecule has 0 aliphatic rings. The molecule has 2 rings (SSSR count). The second-order valence-electron chi connectivity index (χ2n) is 5.51. The SMILES string of the molecule is CCOc1ccc(NC(=O)N(CCOC)Cc2ccccc2F)c(F)c1. The zero-order valence-electron chi connectivity index (χ0n) is 14.8. The average Bonchev–Trinajstić information content (AvgIpc) is 2.62. The molecular formula is C19H22F2N2O3. The lowest BCUT2D eigenvalue weighted by atomic mass is 10.2. The fourth-order valence-electron chi connectivity index (χ4n) is 2.33. The normalized spacial score (nSPS) is 10.5. The number of methoxy groups -OCH3 is 1. The van der Waals surface area contributed by atoms with Gasteiger partial charge in [0.15, 0.2) is 0 Å². The van der Waals surface area contributed by atoms with E-state index in [2.05, 4.69) is 5.32 Å². The van der Waals surface area contributed by atoms with Crippen LogP contribution in [0.25, 0.3) is 0 Å². The van der Waals surface area contributed by atoms with E-state index >= 15 is 0 Å². The van der Waals surface area contributed by atoms with Crippen LogP contribution in [0.5, 0.6) is 5.75 Å². The summed E-state index contributed by atoms with van der Waals surface area (Å²) in [5, 5.41) is 2.51. The number of benzene rings is 2. The van der Waals surface area contributed by atoms with Gasteiger partial charge in [-0.3, -0.25) is 0 Å². The maximum Gasteiger partial charge on any atom is 0.322 e. The van der Waals surface area contributed by atoms with Crippen molar-refractivity contribution in [1.29, 1.82) is 0 Å². The third kappa shape index (κ3) is 5.42. The third-order valence-electron chi connectivity index (χ3n) is 3.66. The molecule has 0 aliphatic carbocycles. The van der Waals surface area contributed by atoms with Crippen LogP contribution in [0.3, 0.4) is 0 Å². The zero-order chi connectivity index (χ0) is 18.9. The van der Waals surface area contributed by atoms with Crippen molar-refractivity contribution in [2.24, 2.45) is 0 Å². The molecule has 0 saturated heterocycles.